The third-order valence-corrected chi connectivity index (χ3v) is 6.73. The molecule has 1 aliphatic heterocycles. The maximum absolute atomic E-state index is 12.6. The Labute approximate surface area is 164 Å². The van der Waals surface area contributed by atoms with Gasteiger partial charge in [-0.25, -0.2) is 8.42 Å². The van der Waals surface area contributed by atoms with Crippen molar-refractivity contribution in [3.8, 4) is 11.5 Å². The third-order valence-electron chi connectivity index (χ3n) is 4.98. The zero-order chi connectivity index (χ0) is 20.3. The number of benzene rings is 1. The van der Waals surface area contributed by atoms with E-state index < -0.39 is 15.8 Å². The molecule has 0 N–H and O–H groups in total. The highest BCUT2D eigenvalue weighted by molar-refractivity contribution is 7.91. The summed E-state index contributed by atoms with van der Waals surface area (Å²) in [6, 6.07) is 4.86. The highest BCUT2D eigenvalue weighted by Gasteiger charge is 2.42. The first-order valence-corrected chi connectivity index (χ1v) is 11.0. The van der Waals surface area contributed by atoms with Crippen molar-refractivity contribution >= 4 is 21.7 Å². The molecule has 8 nitrogen and oxygen atoms in total. The van der Waals surface area contributed by atoms with Gasteiger partial charge in [-0.15, -0.1) is 0 Å². The fraction of sp³-hybridized carbons (Fsp3) is 0.579. The molecule has 1 saturated heterocycles. The first kappa shape index (κ1) is 20.4. The summed E-state index contributed by atoms with van der Waals surface area (Å²) in [5.74, 6) is 0.301. The second-order valence-corrected chi connectivity index (χ2v) is 9.34. The zero-order valence-corrected chi connectivity index (χ0v) is 16.9. The van der Waals surface area contributed by atoms with Crippen molar-refractivity contribution in [1.29, 1.82) is 0 Å². The van der Waals surface area contributed by atoms with Crippen LogP contribution in [-0.4, -0.2) is 69.6 Å². The molecule has 1 atom stereocenters. The maximum atomic E-state index is 12.6. The first-order chi connectivity index (χ1) is 13.3. The lowest BCUT2D eigenvalue weighted by atomic mass is 10.1. The second kappa shape index (κ2) is 8.38. The van der Waals surface area contributed by atoms with Crippen LogP contribution in [-0.2, 0) is 30.6 Å². The van der Waals surface area contributed by atoms with Crippen LogP contribution in [0.3, 0.4) is 0 Å². The van der Waals surface area contributed by atoms with Crippen molar-refractivity contribution in [3.05, 3.63) is 23.8 Å². The molecule has 1 aliphatic carbocycles. The molecule has 1 amide bonds. The number of esters is 1. The monoisotopic (exact) mass is 411 g/mol. The molecule has 1 saturated carbocycles. The van der Waals surface area contributed by atoms with Crippen LogP contribution in [0.15, 0.2) is 18.2 Å². The van der Waals surface area contributed by atoms with E-state index in [0.29, 0.717) is 23.5 Å². The number of rotatable bonds is 8. The molecule has 1 aromatic rings. The smallest absolute Gasteiger partial charge is 0.310 e. The molecule has 0 aromatic heterocycles. The molecule has 9 heteroatoms. The first-order valence-electron chi connectivity index (χ1n) is 9.21. The minimum atomic E-state index is -3.09. The quantitative estimate of drug-likeness (QED) is 0.588. The van der Waals surface area contributed by atoms with Gasteiger partial charge in [0.05, 0.1) is 32.1 Å². The Balaban J connectivity index is 1.55. The van der Waals surface area contributed by atoms with Crippen molar-refractivity contribution in [3.63, 3.8) is 0 Å². The van der Waals surface area contributed by atoms with Gasteiger partial charge in [-0.3, -0.25) is 9.59 Å². The van der Waals surface area contributed by atoms with Crippen LogP contribution in [0.25, 0.3) is 0 Å². The summed E-state index contributed by atoms with van der Waals surface area (Å²) < 4.78 is 39.0. The molecule has 3 rings (SSSR count). The molecule has 1 aromatic carbocycles. The molecule has 2 aliphatic rings. The van der Waals surface area contributed by atoms with Gasteiger partial charge in [0.15, 0.2) is 27.9 Å². The van der Waals surface area contributed by atoms with E-state index in [2.05, 4.69) is 0 Å². The lowest BCUT2D eigenvalue weighted by Crippen LogP contribution is -2.44. The summed E-state index contributed by atoms with van der Waals surface area (Å²) in [6.45, 7) is -0.376. The van der Waals surface area contributed by atoms with Gasteiger partial charge >= 0.3 is 5.97 Å². The van der Waals surface area contributed by atoms with Crippen LogP contribution in [0.4, 0.5) is 0 Å². The lowest BCUT2D eigenvalue weighted by Gasteiger charge is -2.28. The molecule has 28 heavy (non-hydrogen) atoms. The van der Waals surface area contributed by atoms with Crippen LogP contribution in [0.1, 0.15) is 24.8 Å². The van der Waals surface area contributed by atoms with Gasteiger partial charge in [-0.05, 0) is 37.0 Å². The minimum Gasteiger partial charge on any atom is -0.493 e. The number of carbonyl (C=O) groups excluding carboxylic acids is 2. The molecule has 0 bridgehead atoms. The van der Waals surface area contributed by atoms with Crippen LogP contribution in [0, 0.1) is 0 Å². The van der Waals surface area contributed by atoms with E-state index in [4.69, 9.17) is 14.2 Å². The minimum absolute atomic E-state index is 0.00509. The number of amides is 1. The zero-order valence-electron chi connectivity index (χ0n) is 16.0. The van der Waals surface area contributed by atoms with E-state index in [1.54, 1.807) is 23.1 Å². The Morgan fingerprint density at radius 2 is 1.79 bits per heavy atom. The third kappa shape index (κ3) is 4.95. The number of hydrogen-bond donors (Lipinski definition) is 0. The lowest BCUT2D eigenvalue weighted by molar-refractivity contribution is -0.152. The summed E-state index contributed by atoms with van der Waals surface area (Å²) in [4.78, 5) is 26.3. The van der Waals surface area contributed by atoms with Crippen LogP contribution < -0.4 is 9.47 Å². The van der Waals surface area contributed by atoms with Crippen molar-refractivity contribution < 1.29 is 32.2 Å². The van der Waals surface area contributed by atoms with Gasteiger partial charge in [-0.1, -0.05) is 6.07 Å². The van der Waals surface area contributed by atoms with Gasteiger partial charge < -0.3 is 19.1 Å². The predicted octanol–water partition coefficient (Wildman–Crippen LogP) is 0.968. The van der Waals surface area contributed by atoms with E-state index in [1.165, 1.54) is 14.2 Å². The van der Waals surface area contributed by atoms with Gasteiger partial charge in [-0.2, -0.15) is 0 Å². The number of carbonyl (C=O) groups is 2. The van der Waals surface area contributed by atoms with Crippen molar-refractivity contribution in [2.24, 2.45) is 0 Å². The molecular weight excluding hydrogens is 386 g/mol. The number of ether oxygens (including phenoxy) is 3. The average Bonchev–Trinajstić information content (AvgIpc) is 3.42. The fourth-order valence-corrected chi connectivity index (χ4v) is 5.19. The number of nitrogens with zero attached hydrogens (tertiary/aromatic N) is 1. The number of hydrogen-bond acceptors (Lipinski definition) is 7. The largest absolute Gasteiger partial charge is 0.493 e. The Hall–Kier alpha value is -2.29. The molecule has 2 fully saturated rings. The molecule has 154 valence electrons. The van der Waals surface area contributed by atoms with Crippen molar-refractivity contribution in [1.82, 2.24) is 4.90 Å². The van der Waals surface area contributed by atoms with Crippen LogP contribution in [0.5, 0.6) is 11.5 Å². The van der Waals surface area contributed by atoms with E-state index in [9.17, 15) is 18.0 Å². The van der Waals surface area contributed by atoms with E-state index in [0.717, 1.165) is 12.8 Å². The highest BCUT2D eigenvalue weighted by Crippen LogP contribution is 2.32. The van der Waals surface area contributed by atoms with Crippen LogP contribution >= 0.6 is 0 Å². The maximum Gasteiger partial charge on any atom is 0.310 e. The summed E-state index contributed by atoms with van der Waals surface area (Å²) in [5.41, 5.74) is 0.677. The summed E-state index contributed by atoms with van der Waals surface area (Å²) in [7, 11) is -0.0532. The molecule has 0 radical (unpaired) electrons. The van der Waals surface area contributed by atoms with Gasteiger partial charge in [0.25, 0.3) is 5.91 Å². The van der Waals surface area contributed by atoms with Gasteiger partial charge in [0.1, 0.15) is 0 Å². The number of methoxy groups -OCH3 is 2. The van der Waals surface area contributed by atoms with Crippen LogP contribution in [0.2, 0.25) is 0 Å². The van der Waals surface area contributed by atoms with Crippen molar-refractivity contribution in [2.45, 2.75) is 37.8 Å². The summed E-state index contributed by atoms with van der Waals surface area (Å²) in [6.07, 6.45) is 2.17. The molecule has 1 heterocycles. The Kier molecular flexibility index (Phi) is 6.12. The van der Waals surface area contributed by atoms with E-state index in [1.807, 2.05) is 0 Å². The molecule has 0 unspecified atom stereocenters. The normalized spacial score (nSPS) is 20.4. The van der Waals surface area contributed by atoms with Gasteiger partial charge in [0.2, 0.25) is 0 Å². The fourth-order valence-electron chi connectivity index (χ4n) is 3.48. The predicted molar refractivity (Wildman–Crippen MR) is 101 cm³/mol. The molecule has 0 spiro atoms. The second-order valence-electron chi connectivity index (χ2n) is 7.12. The Morgan fingerprint density at radius 3 is 2.36 bits per heavy atom. The SMILES string of the molecule is COc1ccc(CC(=O)OCC(=O)N(C2CC2)[C@H]2CCS(=O)(=O)C2)cc1OC. The topological polar surface area (TPSA) is 99.2 Å². The number of sulfone groups is 1. The summed E-state index contributed by atoms with van der Waals surface area (Å²) >= 11 is 0. The average molecular weight is 411 g/mol. The standard InChI is InChI=1S/C19H25NO7S/c1-25-16-6-3-13(9-17(16)26-2)10-19(22)27-11-18(21)20(14-4-5-14)15-7-8-28(23,24)12-15/h3,6,9,14-15H,4-5,7-8,10-12H2,1-2H3/t15-/m0/s1. The van der Waals surface area contributed by atoms with E-state index >= 15 is 0 Å². The van der Waals surface area contributed by atoms with E-state index in [-0.39, 0.29) is 42.5 Å². The van der Waals surface area contributed by atoms with Gasteiger partial charge in [0, 0.05) is 12.1 Å². The molecular formula is C19H25NO7S. The van der Waals surface area contributed by atoms with Crippen molar-refractivity contribution in [2.75, 3.05) is 32.3 Å². The Bertz CT molecular complexity index is 848. The highest BCUT2D eigenvalue weighted by atomic mass is 32.2. The summed E-state index contributed by atoms with van der Waals surface area (Å²) in [5, 5.41) is 0. The Morgan fingerprint density at radius 1 is 1.07 bits per heavy atom.